The zero-order valence-corrected chi connectivity index (χ0v) is 13.0. The highest BCUT2D eigenvalue weighted by Gasteiger charge is 2.32. The average molecular weight is 300 g/mol. The van der Waals surface area contributed by atoms with Gasteiger partial charge in [0.2, 0.25) is 5.91 Å². The van der Waals surface area contributed by atoms with Gasteiger partial charge < -0.3 is 10.4 Å². The van der Waals surface area contributed by atoms with Gasteiger partial charge in [-0.05, 0) is 19.8 Å². The number of nitrogens with zero attached hydrogens (tertiary/aromatic N) is 2. The lowest BCUT2D eigenvalue weighted by atomic mass is 9.94. The molecular weight excluding hydrogens is 278 g/mol. The minimum Gasteiger partial charge on any atom is -0.394 e. The van der Waals surface area contributed by atoms with Gasteiger partial charge in [0.15, 0.2) is 0 Å². The van der Waals surface area contributed by atoms with E-state index in [2.05, 4.69) is 15.3 Å². The Labute approximate surface area is 124 Å². The number of hydrogen-bond donors (Lipinski definition) is 2. The summed E-state index contributed by atoms with van der Waals surface area (Å²) in [7, 11) is 0. The fraction of sp³-hybridized carbons (Fsp3) is 0.643. The topological polar surface area (TPSA) is 75.1 Å². The first-order chi connectivity index (χ1) is 9.46. The number of amides is 1. The fourth-order valence-corrected chi connectivity index (χ4v) is 2.20. The second-order valence-corrected chi connectivity index (χ2v) is 5.41. The van der Waals surface area contributed by atoms with Gasteiger partial charge in [-0.2, -0.15) is 0 Å². The third-order valence-corrected chi connectivity index (χ3v) is 3.22. The summed E-state index contributed by atoms with van der Waals surface area (Å²) in [6.45, 7) is 5.46. The Bertz CT molecular complexity index is 468. The van der Waals surface area contributed by atoms with Crippen molar-refractivity contribution >= 4 is 17.5 Å². The lowest BCUT2D eigenvalue weighted by Crippen LogP contribution is -2.47. The molecule has 0 aromatic carbocycles. The predicted octanol–water partition coefficient (Wildman–Crippen LogP) is 2.21. The van der Waals surface area contributed by atoms with Crippen molar-refractivity contribution in [1.29, 1.82) is 0 Å². The summed E-state index contributed by atoms with van der Waals surface area (Å²) in [5.41, 5.74) is 0.359. The predicted molar refractivity (Wildman–Crippen MR) is 78.5 cm³/mol. The van der Waals surface area contributed by atoms with Gasteiger partial charge in [0.05, 0.1) is 24.2 Å². The lowest BCUT2D eigenvalue weighted by molar-refractivity contribution is -0.123. The van der Waals surface area contributed by atoms with Gasteiger partial charge in [0.1, 0.15) is 10.7 Å². The Hall–Kier alpha value is -1.20. The van der Waals surface area contributed by atoms with E-state index in [4.69, 9.17) is 11.6 Å². The van der Waals surface area contributed by atoms with Crippen molar-refractivity contribution in [1.82, 2.24) is 15.3 Å². The Kier molecular flexibility index (Phi) is 6.36. The number of aryl methyl sites for hydroxylation is 1. The van der Waals surface area contributed by atoms with Crippen molar-refractivity contribution in [3.05, 3.63) is 22.7 Å². The molecule has 0 fully saturated rings. The average Bonchev–Trinajstić information content (AvgIpc) is 2.39. The van der Waals surface area contributed by atoms with Crippen LogP contribution in [0.3, 0.4) is 0 Å². The molecule has 0 aliphatic carbocycles. The minimum absolute atomic E-state index is 0.108. The second kappa shape index (κ2) is 7.55. The SMILES string of the molecule is CCCC(=O)NC(C)(CO)c1ncc(Cl)nc1CCC. The Morgan fingerprint density at radius 3 is 2.70 bits per heavy atom. The van der Waals surface area contributed by atoms with Gasteiger partial charge in [-0.3, -0.25) is 9.78 Å². The molecule has 0 aliphatic heterocycles. The Morgan fingerprint density at radius 2 is 2.15 bits per heavy atom. The molecule has 0 bridgehead atoms. The van der Waals surface area contributed by atoms with Gasteiger partial charge in [-0.15, -0.1) is 0 Å². The third-order valence-electron chi connectivity index (χ3n) is 3.03. The van der Waals surface area contributed by atoms with Crippen LogP contribution in [0.1, 0.15) is 51.4 Å². The summed E-state index contributed by atoms with van der Waals surface area (Å²) in [4.78, 5) is 20.4. The molecule has 112 valence electrons. The van der Waals surface area contributed by atoms with Gasteiger partial charge in [0, 0.05) is 6.42 Å². The molecule has 0 spiro atoms. The van der Waals surface area contributed by atoms with E-state index < -0.39 is 5.54 Å². The number of rotatable bonds is 7. The van der Waals surface area contributed by atoms with E-state index in [0.717, 1.165) is 12.8 Å². The number of nitrogens with one attached hydrogen (secondary N) is 1. The maximum absolute atomic E-state index is 11.8. The van der Waals surface area contributed by atoms with Gasteiger partial charge in [-0.25, -0.2) is 4.98 Å². The number of aliphatic hydroxyl groups excluding tert-OH is 1. The van der Waals surface area contributed by atoms with E-state index in [1.807, 2.05) is 13.8 Å². The van der Waals surface area contributed by atoms with Crippen LogP contribution in [0.5, 0.6) is 0 Å². The summed E-state index contributed by atoms with van der Waals surface area (Å²) in [6, 6.07) is 0. The van der Waals surface area contributed by atoms with Gasteiger partial charge in [0.25, 0.3) is 0 Å². The van der Waals surface area contributed by atoms with Crippen LogP contribution in [-0.4, -0.2) is 27.6 Å². The summed E-state index contributed by atoms with van der Waals surface area (Å²) < 4.78 is 0. The van der Waals surface area contributed by atoms with E-state index in [1.54, 1.807) is 6.92 Å². The van der Waals surface area contributed by atoms with Crippen molar-refractivity contribution in [3.8, 4) is 0 Å². The molecule has 1 heterocycles. The van der Waals surface area contributed by atoms with Gasteiger partial charge >= 0.3 is 0 Å². The monoisotopic (exact) mass is 299 g/mol. The van der Waals surface area contributed by atoms with Crippen molar-refractivity contribution in [2.45, 2.75) is 52.0 Å². The fourth-order valence-electron chi connectivity index (χ4n) is 2.05. The lowest BCUT2D eigenvalue weighted by Gasteiger charge is -2.29. The highest BCUT2D eigenvalue weighted by atomic mass is 35.5. The zero-order valence-electron chi connectivity index (χ0n) is 12.2. The van der Waals surface area contributed by atoms with Gasteiger partial charge in [-0.1, -0.05) is 31.9 Å². The molecule has 0 saturated heterocycles. The van der Waals surface area contributed by atoms with Crippen LogP contribution in [0.4, 0.5) is 0 Å². The first kappa shape index (κ1) is 16.9. The molecule has 1 amide bonds. The third kappa shape index (κ3) is 4.15. The molecule has 0 aliphatic rings. The van der Waals surface area contributed by atoms with Crippen LogP contribution in [0, 0.1) is 0 Å². The molecule has 1 aromatic rings. The number of aliphatic hydroxyl groups is 1. The second-order valence-electron chi connectivity index (χ2n) is 5.03. The first-order valence-electron chi connectivity index (χ1n) is 6.90. The molecule has 1 atom stereocenters. The minimum atomic E-state index is -0.936. The van der Waals surface area contributed by atoms with E-state index >= 15 is 0 Å². The standard InChI is InChI=1S/C14H22ClN3O2/c1-4-6-10-13(16-8-11(15)17-10)14(3,9-19)18-12(20)7-5-2/h8,19H,4-7,9H2,1-3H3,(H,18,20). The van der Waals surface area contributed by atoms with E-state index in [9.17, 15) is 9.90 Å². The van der Waals surface area contributed by atoms with Crippen molar-refractivity contribution < 1.29 is 9.90 Å². The van der Waals surface area contributed by atoms with Crippen LogP contribution >= 0.6 is 11.6 Å². The van der Waals surface area contributed by atoms with E-state index in [-0.39, 0.29) is 12.5 Å². The molecule has 1 unspecified atom stereocenters. The van der Waals surface area contributed by atoms with Crippen molar-refractivity contribution in [2.24, 2.45) is 0 Å². The van der Waals surface area contributed by atoms with Crippen LogP contribution in [0.2, 0.25) is 5.15 Å². The zero-order chi connectivity index (χ0) is 15.2. The van der Waals surface area contributed by atoms with E-state index in [0.29, 0.717) is 29.4 Å². The summed E-state index contributed by atoms with van der Waals surface area (Å²) in [5, 5.41) is 12.9. The Morgan fingerprint density at radius 1 is 1.45 bits per heavy atom. The maximum Gasteiger partial charge on any atom is 0.220 e. The maximum atomic E-state index is 11.8. The molecule has 1 aromatic heterocycles. The smallest absolute Gasteiger partial charge is 0.220 e. The molecule has 1 rings (SSSR count). The molecule has 20 heavy (non-hydrogen) atoms. The molecule has 5 nitrogen and oxygen atoms in total. The summed E-state index contributed by atoms with van der Waals surface area (Å²) >= 11 is 5.88. The highest BCUT2D eigenvalue weighted by Crippen LogP contribution is 2.23. The van der Waals surface area contributed by atoms with Crippen LogP contribution in [-0.2, 0) is 16.8 Å². The molecular formula is C14H22ClN3O2. The number of carbonyl (C=O) groups is 1. The van der Waals surface area contributed by atoms with Crippen LogP contribution < -0.4 is 5.32 Å². The molecule has 6 heteroatoms. The Balaban J connectivity index is 3.12. The quantitative estimate of drug-likeness (QED) is 0.809. The first-order valence-corrected chi connectivity index (χ1v) is 7.28. The molecule has 0 radical (unpaired) electrons. The largest absolute Gasteiger partial charge is 0.394 e. The molecule has 2 N–H and O–H groups in total. The van der Waals surface area contributed by atoms with Crippen molar-refractivity contribution in [2.75, 3.05) is 6.61 Å². The summed E-state index contributed by atoms with van der Waals surface area (Å²) in [6.07, 6.45) is 4.19. The number of aromatic nitrogens is 2. The summed E-state index contributed by atoms with van der Waals surface area (Å²) in [5.74, 6) is -0.108. The normalized spacial score (nSPS) is 13.8. The number of halogens is 1. The number of hydrogen-bond acceptors (Lipinski definition) is 4. The highest BCUT2D eigenvalue weighted by molar-refractivity contribution is 6.29. The van der Waals surface area contributed by atoms with Crippen LogP contribution in [0.25, 0.3) is 0 Å². The molecule has 0 saturated carbocycles. The van der Waals surface area contributed by atoms with Crippen molar-refractivity contribution in [3.63, 3.8) is 0 Å². The number of carbonyl (C=O) groups excluding carboxylic acids is 1. The van der Waals surface area contributed by atoms with Crippen LogP contribution in [0.15, 0.2) is 6.20 Å². The van der Waals surface area contributed by atoms with E-state index in [1.165, 1.54) is 6.20 Å².